The van der Waals surface area contributed by atoms with Gasteiger partial charge in [-0.1, -0.05) is 54.6 Å². The van der Waals surface area contributed by atoms with E-state index in [2.05, 4.69) is 5.32 Å². The number of para-hydroxylation sites is 1. The Morgan fingerprint density at radius 1 is 1.07 bits per heavy atom. The Hall–Kier alpha value is -3.16. The van der Waals surface area contributed by atoms with E-state index in [1.54, 1.807) is 10.4 Å². The highest BCUT2D eigenvalue weighted by molar-refractivity contribution is 5.91. The molecule has 7 heteroatoms. The monoisotopic (exact) mass is 407 g/mol. The second-order valence-corrected chi connectivity index (χ2v) is 7.57. The van der Waals surface area contributed by atoms with Gasteiger partial charge in [-0.2, -0.15) is 0 Å². The van der Waals surface area contributed by atoms with Gasteiger partial charge in [0, 0.05) is 19.6 Å². The summed E-state index contributed by atoms with van der Waals surface area (Å²) in [6.45, 7) is 1.43. The van der Waals surface area contributed by atoms with E-state index in [1.165, 1.54) is 0 Å². The molecule has 0 saturated carbocycles. The molecule has 3 atom stereocenters. The maximum atomic E-state index is 13.2. The second-order valence-electron chi connectivity index (χ2n) is 7.57. The van der Waals surface area contributed by atoms with Gasteiger partial charge < -0.3 is 15.0 Å². The first kappa shape index (κ1) is 20.1. The van der Waals surface area contributed by atoms with Crippen molar-refractivity contribution in [1.82, 2.24) is 15.7 Å². The summed E-state index contributed by atoms with van der Waals surface area (Å²) in [7, 11) is 0. The number of nitrogens with zero attached hydrogens (tertiary/aromatic N) is 1. The smallest absolute Gasteiger partial charge is 0.248 e. The van der Waals surface area contributed by atoms with E-state index < -0.39 is 17.9 Å². The van der Waals surface area contributed by atoms with Crippen LogP contribution in [0.2, 0.25) is 0 Å². The number of rotatable bonds is 5. The van der Waals surface area contributed by atoms with E-state index in [9.17, 15) is 14.8 Å². The van der Waals surface area contributed by atoms with Crippen molar-refractivity contribution in [1.29, 1.82) is 0 Å². The third-order valence-corrected chi connectivity index (χ3v) is 5.62. The molecule has 4 rings (SSSR count). The summed E-state index contributed by atoms with van der Waals surface area (Å²) < 4.78 is 5.95. The van der Waals surface area contributed by atoms with E-state index in [0.29, 0.717) is 31.8 Å². The fourth-order valence-electron chi connectivity index (χ4n) is 4.07. The first-order chi connectivity index (χ1) is 14.7. The standard InChI is InChI=1S/C23H25N3O4/c27-22(25-29)20-13-19(30-18-9-5-2-6-10-18)14-24-21(20)23(28)26-12-11-17(15-26)16-7-3-1-4-8-16/h1-11,19-21,24,29H,12-15H2,(H,25,27)/t19-,20-,21-/m0/s1. The van der Waals surface area contributed by atoms with Crippen LogP contribution in [-0.4, -0.2) is 53.7 Å². The molecule has 30 heavy (non-hydrogen) atoms. The molecule has 2 heterocycles. The van der Waals surface area contributed by atoms with Crippen LogP contribution < -0.4 is 15.5 Å². The lowest BCUT2D eigenvalue weighted by Gasteiger charge is -2.36. The lowest BCUT2D eigenvalue weighted by Crippen LogP contribution is -2.60. The van der Waals surface area contributed by atoms with Gasteiger partial charge in [0.25, 0.3) is 0 Å². The fourth-order valence-corrected chi connectivity index (χ4v) is 4.07. The van der Waals surface area contributed by atoms with Gasteiger partial charge in [0.05, 0.1) is 12.0 Å². The highest BCUT2D eigenvalue weighted by Gasteiger charge is 2.42. The Morgan fingerprint density at radius 3 is 2.47 bits per heavy atom. The number of benzene rings is 2. The van der Waals surface area contributed by atoms with Gasteiger partial charge in [-0.25, -0.2) is 5.48 Å². The van der Waals surface area contributed by atoms with Crippen LogP contribution in [0.1, 0.15) is 12.0 Å². The van der Waals surface area contributed by atoms with Gasteiger partial charge >= 0.3 is 0 Å². The van der Waals surface area contributed by atoms with Crippen LogP contribution in [0, 0.1) is 5.92 Å². The normalized spacial score (nSPS) is 23.6. The number of carbonyl (C=O) groups excluding carboxylic acids is 2. The minimum absolute atomic E-state index is 0.149. The third kappa shape index (κ3) is 4.37. The van der Waals surface area contributed by atoms with Gasteiger partial charge in [-0.05, 0) is 29.7 Å². The van der Waals surface area contributed by atoms with Crippen molar-refractivity contribution in [3.63, 3.8) is 0 Å². The molecule has 0 aromatic heterocycles. The van der Waals surface area contributed by atoms with Gasteiger partial charge in [0.1, 0.15) is 11.9 Å². The van der Waals surface area contributed by atoms with Crippen molar-refractivity contribution in [2.45, 2.75) is 18.6 Å². The maximum Gasteiger partial charge on any atom is 0.248 e. The zero-order valence-electron chi connectivity index (χ0n) is 16.5. The van der Waals surface area contributed by atoms with Crippen LogP contribution >= 0.6 is 0 Å². The Balaban J connectivity index is 1.42. The third-order valence-electron chi connectivity index (χ3n) is 5.62. The van der Waals surface area contributed by atoms with Gasteiger partial charge in [0.15, 0.2) is 0 Å². The molecule has 2 aromatic rings. The molecule has 156 valence electrons. The molecule has 2 amide bonds. The minimum Gasteiger partial charge on any atom is -0.489 e. The molecule has 0 bridgehead atoms. The molecular formula is C23H25N3O4. The van der Waals surface area contributed by atoms with Crippen molar-refractivity contribution in [3.8, 4) is 5.75 Å². The summed E-state index contributed by atoms with van der Waals surface area (Å²) in [5.41, 5.74) is 3.89. The van der Waals surface area contributed by atoms with Crippen LogP contribution in [0.15, 0.2) is 66.7 Å². The Morgan fingerprint density at radius 2 is 1.77 bits per heavy atom. The predicted molar refractivity (Wildman–Crippen MR) is 112 cm³/mol. The predicted octanol–water partition coefficient (Wildman–Crippen LogP) is 1.84. The molecule has 0 radical (unpaired) electrons. The fraction of sp³-hybridized carbons (Fsp3) is 0.304. The second kappa shape index (κ2) is 9.11. The number of nitrogens with one attached hydrogen (secondary N) is 2. The molecule has 2 aromatic carbocycles. The summed E-state index contributed by atoms with van der Waals surface area (Å²) in [6, 6.07) is 18.6. The highest BCUT2D eigenvalue weighted by atomic mass is 16.5. The van der Waals surface area contributed by atoms with Crippen molar-refractivity contribution in [3.05, 3.63) is 72.3 Å². The highest BCUT2D eigenvalue weighted by Crippen LogP contribution is 2.26. The van der Waals surface area contributed by atoms with Crippen LogP contribution in [0.25, 0.3) is 5.57 Å². The first-order valence-corrected chi connectivity index (χ1v) is 10.1. The van der Waals surface area contributed by atoms with Gasteiger partial charge in [0.2, 0.25) is 11.8 Å². The molecule has 0 unspecified atom stereocenters. The first-order valence-electron chi connectivity index (χ1n) is 10.1. The van der Waals surface area contributed by atoms with Crippen LogP contribution in [0.3, 0.4) is 0 Å². The van der Waals surface area contributed by atoms with Crippen molar-refractivity contribution < 1.29 is 19.5 Å². The van der Waals surface area contributed by atoms with Crippen LogP contribution in [0.5, 0.6) is 5.75 Å². The average Bonchev–Trinajstić information content (AvgIpc) is 3.30. The van der Waals surface area contributed by atoms with E-state index in [1.807, 2.05) is 66.7 Å². The number of hydroxylamine groups is 1. The Bertz CT molecular complexity index is 917. The minimum atomic E-state index is -0.731. The summed E-state index contributed by atoms with van der Waals surface area (Å²) in [5, 5.41) is 12.4. The van der Waals surface area contributed by atoms with Gasteiger partial charge in [-0.3, -0.25) is 14.8 Å². The lowest BCUT2D eigenvalue weighted by atomic mass is 9.87. The van der Waals surface area contributed by atoms with E-state index in [0.717, 1.165) is 11.1 Å². The number of carbonyl (C=O) groups is 2. The number of amides is 2. The number of hydrogen-bond donors (Lipinski definition) is 3. The van der Waals surface area contributed by atoms with E-state index in [-0.39, 0.29) is 12.0 Å². The zero-order chi connectivity index (χ0) is 20.9. The Kier molecular flexibility index (Phi) is 6.11. The molecular weight excluding hydrogens is 382 g/mol. The number of piperidine rings is 1. The number of hydrogen-bond acceptors (Lipinski definition) is 5. The molecule has 2 aliphatic heterocycles. The summed E-state index contributed by atoms with van der Waals surface area (Å²) >= 11 is 0. The summed E-state index contributed by atoms with van der Waals surface area (Å²) in [4.78, 5) is 27.3. The molecule has 1 fully saturated rings. The average molecular weight is 407 g/mol. The number of ether oxygens (including phenoxy) is 1. The van der Waals surface area contributed by atoms with Crippen molar-refractivity contribution in [2.24, 2.45) is 5.92 Å². The SMILES string of the molecule is O=C(NO)[C@H]1C[C@H](Oc2ccccc2)CN[C@@H]1C(=O)N1CC=C(c2ccccc2)C1. The summed E-state index contributed by atoms with van der Waals surface area (Å²) in [5.74, 6) is -0.763. The van der Waals surface area contributed by atoms with Crippen LogP contribution in [0.4, 0.5) is 0 Å². The maximum absolute atomic E-state index is 13.2. The summed E-state index contributed by atoms with van der Waals surface area (Å²) in [6.07, 6.45) is 2.09. The van der Waals surface area contributed by atoms with Crippen LogP contribution in [-0.2, 0) is 9.59 Å². The Labute approximate surface area is 175 Å². The topological polar surface area (TPSA) is 90.9 Å². The molecule has 1 saturated heterocycles. The van der Waals surface area contributed by atoms with E-state index in [4.69, 9.17) is 4.74 Å². The molecule has 0 spiro atoms. The molecule has 7 nitrogen and oxygen atoms in total. The van der Waals surface area contributed by atoms with Crippen molar-refractivity contribution in [2.75, 3.05) is 19.6 Å². The quantitative estimate of drug-likeness (QED) is 0.520. The zero-order valence-corrected chi connectivity index (χ0v) is 16.5. The van der Waals surface area contributed by atoms with Crippen molar-refractivity contribution >= 4 is 17.4 Å². The van der Waals surface area contributed by atoms with Gasteiger partial charge in [-0.15, -0.1) is 0 Å². The molecule has 3 N–H and O–H groups in total. The molecule has 0 aliphatic carbocycles. The van der Waals surface area contributed by atoms with E-state index >= 15 is 0 Å². The lowest BCUT2D eigenvalue weighted by molar-refractivity contribution is -0.144. The molecule has 2 aliphatic rings. The largest absolute Gasteiger partial charge is 0.489 e.